The predicted octanol–water partition coefficient (Wildman–Crippen LogP) is 0.182. The number of carbonyl (C=O) groups excluding carboxylic acids is 2. The summed E-state index contributed by atoms with van der Waals surface area (Å²) in [6.07, 6.45) is 1.71. The summed E-state index contributed by atoms with van der Waals surface area (Å²) in [6, 6.07) is -0.390. The van der Waals surface area contributed by atoms with Crippen LogP contribution in [0.1, 0.15) is 25.7 Å². The van der Waals surface area contributed by atoms with Gasteiger partial charge in [0.1, 0.15) is 5.54 Å². The number of hydrogen-bond donors (Lipinski definition) is 2. The maximum absolute atomic E-state index is 11.9. The maximum atomic E-state index is 11.9. The van der Waals surface area contributed by atoms with Crippen LogP contribution in [0.5, 0.6) is 0 Å². The fraction of sp³-hybridized carbons (Fsp3) is 0.700. The molecule has 1 aliphatic carbocycles. The van der Waals surface area contributed by atoms with E-state index in [1.165, 1.54) is 7.05 Å². The third-order valence-corrected chi connectivity index (χ3v) is 3.55. The van der Waals surface area contributed by atoms with Crippen LogP contribution in [0.4, 0.5) is 4.79 Å². The van der Waals surface area contributed by atoms with Crippen molar-refractivity contribution >= 4 is 17.9 Å². The summed E-state index contributed by atoms with van der Waals surface area (Å²) in [5.41, 5.74) is -0.836. The fourth-order valence-electron chi connectivity index (χ4n) is 2.45. The molecule has 2 rings (SSSR count). The Balaban J connectivity index is 2.11. The highest BCUT2D eigenvalue weighted by molar-refractivity contribution is 6.06. The van der Waals surface area contributed by atoms with Gasteiger partial charge in [-0.05, 0) is 25.7 Å². The van der Waals surface area contributed by atoms with E-state index in [-0.39, 0.29) is 11.8 Å². The molecular formula is C10H14N2O4. The van der Waals surface area contributed by atoms with Crippen LogP contribution in [0.15, 0.2) is 0 Å². The third-order valence-electron chi connectivity index (χ3n) is 3.55. The molecular weight excluding hydrogens is 212 g/mol. The normalized spacial score (nSPS) is 34.3. The second-order valence-corrected chi connectivity index (χ2v) is 4.49. The number of likely N-dealkylation sites (N-methyl/N-ethyl adjacent to an activating group) is 1. The first-order valence-corrected chi connectivity index (χ1v) is 5.29. The number of imide groups is 1. The SMILES string of the molecule is CN1C(=O)NC2(CCC(C(=O)O)CC2)C1=O. The van der Waals surface area contributed by atoms with E-state index in [4.69, 9.17) is 5.11 Å². The van der Waals surface area contributed by atoms with Crippen LogP contribution < -0.4 is 5.32 Å². The quantitative estimate of drug-likeness (QED) is 0.624. The van der Waals surface area contributed by atoms with E-state index in [0.717, 1.165) is 4.90 Å². The minimum atomic E-state index is -0.836. The number of aliphatic carboxylic acids is 1. The van der Waals surface area contributed by atoms with Gasteiger partial charge >= 0.3 is 12.0 Å². The van der Waals surface area contributed by atoms with Crippen LogP contribution in [0, 0.1) is 5.92 Å². The first-order chi connectivity index (χ1) is 7.46. The minimum Gasteiger partial charge on any atom is -0.481 e. The van der Waals surface area contributed by atoms with Crippen molar-refractivity contribution < 1.29 is 19.5 Å². The van der Waals surface area contributed by atoms with Gasteiger partial charge in [-0.25, -0.2) is 4.79 Å². The smallest absolute Gasteiger partial charge is 0.324 e. The van der Waals surface area contributed by atoms with Crippen molar-refractivity contribution in [3.05, 3.63) is 0 Å². The highest BCUT2D eigenvalue weighted by atomic mass is 16.4. The Morgan fingerprint density at radius 1 is 1.44 bits per heavy atom. The molecule has 16 heavy (non-hydrogen) atoms. The molecule has 6 heteroatoms. The topological polar surface area (TPSA) is 86.7 Å². The van der Waals surface area contributed by atoms with Crippen molar-refractivity contribution in [3.63, 3.8) is 0 Å². The molecule has 2 fully saturated rings. The molecule has 0 radical (unpaired) electrons. The van der Waals surface area contributed by atoms with Crippen molar-refractivity contribution in [1.82, 2.24) is 10.2 Å². The van der Waals surface area contributed by atoms with E-state index >= 15 is 0 Å². The first kappa shape index (κ1) is 10.9. The average Bonchev–Trinajstić information content (AvgIpc) is 2.45. The van der Waals surface area contributed by atoms with Gasteiger partial charge in [0.15, 0.2) is 0 Å². The summed E-state index contributed by atoms with van der Waals surface area (Å²) >= 11 is 0. The molecule has 1 aliphatic heterocycles. The number of urea groups is 1. The molecule has 1 saturated heterocycles. The Kier molecular flexibility index (Phi) is 2.36. The Morgan fingerprint density at radius 3 is 2.38 bits per heavy atom. The fourth-order valence-corrected chi connectivity index (χ4v) is 2.45. The van der Waals surface area contributed by atoms with E-state index in [2.05, 4.69) is 5.32 Å². The average molecular weight is 226 g/mol. The van der Waals surface area contributed by atoms with Crippen LogP contribution in [0.2, 0.25) is 0 Å². The van der Waals surface area contributed by atoms with Gasteiger partial charge in [-0.2, -0.15) is 0 Å². The summed E-state index contributed by atoms with van der Waals surface area (Å²) < 4.78 is 0. The Hall–Kier alpha value is -1.59. The Morgan fingerprint density at radius 2 is 2.00 bits per heavy atom. The molecule has 0 aromatic carbocycles. The van der Waals surface area contributed by atoms with Gasteiger partial charge in [-0.15, -0.1) is 0 Å². The zero-order chi connectivity index (χ0) is 11.9. The lowest BCUT2D eigenvalue weighted by atomic mass is 9.76. The van der Waals surface area contributed by atoms with Gasteiger partial charge < -0.3 is 10.4 Å². The van der Waals surface area contributed by atoms with E-state index < -0.39 is 17.5 Å². The van der Waals surface area contributed by atoms with Crippen molar-refractivity contribution in [3.8, 4) is 0 Å². The summed E-state index contributed by atoms with van der Waals surface area (Å²) in [6.45, 7) is 0. The molecule has 0 atom stereocenters. The molecule has 88 valence electrons. The Labute approximate surface area is 92.6 Å². The van der Waals surface area contributed by atoms with Gasteiger partial charge in [0.2, 0.25) is 0 Å². The second kappa shape index (κ2) is 3.47. The van der Waals surface area contributed by atoms with Crippen molar-refractivity contribution in [2.75, 3.05) is 7.05 Å². The highest BCUT2D eigenvalue weighted by Gasteiger charge is 2.51. The van der Waals surface area contributed by atoms with Gasteiger partial charge in [0.25, 0.3) is 5.91 Å². The van der Waals surface area contributed by atoms with Crippen LogP contribution in [-0.2, 0) is 9.59 Å². The van der Waals surface area contributed by atoms with Crippen LogP contribution in [0.3, 0.4) is 0 Å². The summed E-state index contributed by atoms with van der Waals surface area (Å²) in [5, 5.41) is 11.5. The number of amides is 3. The number of hydrogen-bond acceptors (Lipinski definition) is 3. The number of rotatable bonds is 1. The largest absolute Gasteiger partial charge is 0.481 e. The third kappa shape index (κ3) is 1.45. The molecule has 2 N–H and O–H groups in total. The van der Waals surface area contributed by atoms with Gasteiger partial charge in [-0.3, -0.25) is 14.5 Å². The standard InChI is InChI=1S/C10H14N2O4/c1-12-8(15)10(11-9(12)16)4-2-6(3-5-10)7(13)14/h6H,2-5H2,1H3,(H,11,16)(H,13,14). The summed E-state index contributed by atoms with van der Waals surface area (Å²) in [7, 11) is 1.44. The molecule has 1 spiro atoms. The highest BCUT2D eigenvalue weighted by Crippen LogP contribution is 2.36. The van der Waals surface area contributed by atoms with Gasteiger partial charge in [0, 0.05) is 7.05 Å². The van der Waals surface area contributed by atoms with E-state index in [0.29, 0.717) is 25.7 Å². The molecule has 3 amide bonds. The molecule has 1 saturated carbocycles. The number of nitrogens with zero attached hydrogens (tertiary/aromatic N) is 1. The zero-order valence-corrected chi connectivity index (χ0v) is 9.02. The lowest BCUT2D eigenvalue weighted by Gasteiger charge is -2.33. The number of carboxylic acid groups (broad SMARTS) is 1. The monoisotopic (exact) mass is 226 g/mol. The molecule has 2 aliphatic rings. The van der Waals surface area contributed by atoms with Gasteiger partial charge in [-0.1, -0.05) is 0 Å². The number of carbonyl (C=O) groups is 3. The molecule has 6 nitrogen and oxygen atoms in total. The van der Waals surface area contributed by atoms with E-state index in [9.17, 15) is 14.4 Å². The number of nitrogens with one attached hydrogen (secondary N) is 1. The number of carboxylic acids is 1. The summed E-state index contributed by atoms with van der Waals surface area (Å²) in [5.74, 6) is -1.44. The predicted molar refractivity (Wildman–Crippen MR) is 53.6 cm³/mol. The molecule has 1 heterocycles. The molecule has 0 unspecified atom stereocenters. The second-order valence-electron chi connectivity index (χ2n) is 4.49. The minimum absolute atomic E-state index is 0.235. The first-order valence-electron chi connectivity index (χ1n) is 5.29. The van der Waals surface area contributed by atoms with Crippen molar-refractivity contribution in [1.29, 1.82) is 0 Å². The lowest BCUT2D eigenvalue weighted by molar-refractivity contribution is -0.144. The van der Waals surface area contributed by atoms with E-state index in [1.807, 2.05) is 0 Å². The molecule has 0 aromatic heterocycles. The van der Waals surface area contributed by atoms with Crippen LogP contribution in [-0.4, -0.2) is 40.5 Å². The molecule has 0 aromatic rings. The van der Waals surface area contributed by atoms with Crippen LogP contribution in [0.25, 0.3) is 0 Å². The van der Waals surface area contributed by atoms with Crippen LogP contribution >= 0.6 is 0 Å². The Bertz CT molecular complexity index is 358. The zero-order valence-electron chi connectivity index (χ0n) is 9.02. The maximum Gasteiger partial charge on any atom is 0.324 e. The lowest BCUT2D eigenvalue weighted by Crippen LogP contribution is -2.50. The van der Waals surface area contributed by atoms with Crippen molar-refractivity contribution in [2.45, 2.75) is 31.2 Å². The van der Waals surface area contributed by atoms with Crippen molar-refractivity contribution in [2.24, 2.45) is 5.92 Å². The molecule has 0 bridgehead atoms. The van der Waals surface area contributed by atoms with E-state index in [1.54, 1.807) is 0 Å². The summed E-state index contributed by atoms with van der Waals surface area (Å²) in [4.78, 5) is 35.1. The van der Waals surface area contributed by atoms with Gasteiger partial charge in [0.05, 0.1) is 5.92 Å².